The van der Waals surface area contributed by atoms with Gasteiger partial charge in [-0.3, -0.25) is 9.78 Å². The van der Waals surface area contributed by atoms with Crippen LogP contribution < -0.4 is 0 Å². The summed E-state index contributed by atoms with van der Waals surface area (Å²) in [6.45, 7) is 0. The first-order valence-corrected chi connectivity index (χ1v) is 6.19. The third-order valence-electron chi connectivity index (χ3n) is 2.58. The average molecular weight is 291 g/mol. The number of aromatic nitrogens is 1. The predicted molar refractivity (Wildman–Crippen MR) is 73.4 cm³/mol. The topological polar surface area (TPSA) is 53.8 Å². The van der Waals surface area contributed by atoms with Crippen LogP contribution in [0, 0.1) is 11.3 Å². The van der Waals surface area contributed by atoms with Gasteiger partial charge in [0.05, 0.1) is 27.4 Å². The lowest BCUT2D eigenvalue weighted by atomic mass is 9.95. The van der Waals surface area contributed by atoms with Gasteiger partial charge in [-0.2, -0.15) is 5.26 Å². The second-order valence-corrected chi connectivity index (χ2v) is 4.59. The summed E-state index contributed by atoms with van der Waals surface area (Å²) in [5.74, 6) is -1.46. The van der Waals surface area contributed by atoms with Crippen molar-refractivity contribution in [2.24, 2.45) is 0 Å². The molecule has 0 N–H and O–H groups in total. The normalized spacial score (nSPS) is 11.6. The number of carbonyl (C=O) groups is 1. The van der Waals surface area contributed by atoms with Gasteiger partial charge in [0.25, 0.3) is 0 Å². The van der Waals surface area contributed by atoms with Crippen molar-refractivity contribution in [2.75, 3.05) is 0 Å². The van der Waals surface area contributed by atoms with E-state index < -0.39 is 11.7 Å². The minimum atomic E-state index is -1.02. The number of pyridine rings is 1. The molecule has 1 unspecified atom stereocenters. The van der Waals surface area contributed by atoms with Crippen molar-refractivity contribution in [1.29, 1.82) is 5.26 Å². The van der Waals surface area contributed by atoms with Crippen molar-refractivity contribution in [3.05, 3.63) is 63.9 Å². The van der Waals surface area contributed by atoms with Gasteiger partial charge in [0.2, 0.25) is 0 Å². The molecule has 0 aliphatic heterocycles. The Labute approximate surface area is 120 Å². The Bertz CT molecular complexity index is 630. The summed E-state index contributed by atoms with van der Waals surface area (Å²) in [6.07, 6.45) is 1.53. The number of hydrogen-bond acceptors (Lipinski definition) is 3. The highest BCUT2D eigenvalue weighted by molar-refractivity contribution is 6.40. The van der Waals surface area contributed by atoms with Crippen molar-refractivity contribution in [2.45, 2.75) is 5.92 Å². The number of benzene rings is 1. The first-order valence-electron chi connectivity index (χ1n) is 5.44. The van der Waals surface area contributed by atoms with Crippen LogP contribution in [-0.4, -0.2) is 10.8 Å². The van der Waals surface area contributed by atoms with Gasteiger partial charge in [0.15, 0.2) is 11.7 Å². The second kappa shape index (κ2) is 5.83. The van der Waals surface area contributed by atoms with Crippen molar-refractivity contribution in [3.63, 3.8) is 0 Å². The molecular weight excluding hydrogens is 283 g/mol. The number of halogens is 2. The van der Waals surface area contributed by atoms with Crippen LogP contribution in [-0.2, 0) is 0 Å². The Hall–Kier alpha value is -1.89. The first kappa shape index (κ1) is 13.5. The molecule has 2 rings (SSSR count). The summed E-state index contributed by atoms with van der Waals surface area (Å²) in [6, 6.07) is 11.8. The molecule has 19 heavy (non-hydrogen) atoms. The molecule has 1 aromatic carbocycles. The van der Waals surface area contributed by atoms with E-state index in [0.29, 0.717) is 5.69 Å². The van der Waals surface area contributed by atoms with Gasteiger partial charge in [0.1, 0.15) is 0 Å². The predicted octanol–water partition coefficient (Wildman–Crippen LogP) is 3.88. The monoisotopic (exact) mass is 290 g/mol. The fourth-order valence-electron chi connectivity index (χ4n) is 1.68. The molecule has 94 valence electrons. The Morgan fingerprint density at radius 3 is 2.37 bits per heavy atom. The van der Waals surface area contributed by atoms with E-state index in [-0.39, 0.29) is 15.6 Å². The summed E-state index contributed by atoms with van der Waals surface area (Å²) in [5, 5.41) is 9.66. The zero-order valence-corrected chi connectivity index (χ0v) is 11.2. The molecule has 0 radical (unpaired) electrons. The lowest BCUT2D eigenvalue weighted by Gasteiger charge is -2.10. The van der Waals surface area contributed by atoms with Gasteiger partial charge in [-0.25, -0.2) is 0 Å². The van der Waals surface area contributed by atoms with Crippen LogP contribution in [0.1, 0.15) is 22.0 Å². The molecule has 2 aromatic rings. The van der Waals surface area contributed by atoms with E-state index >= 15 is 0 Å². The number of carbonyl (C=O) groups excluding carboxylic acids is 1. The maximum Gasteiger partial charge on any atom is 0.189 e. The van der Waals surface area contributed by atoms with Crippen LogP contribution in [0.25, 0.3) is 0 Å². The van der Waals surface area contributed by atoms with Crippen LogP contribution in [0.3, 0.4) is 0 Å². The average Bonchev–Trinajstić information content (AvgIpc) is 2.40. The van der Waals surface area contributed by atoms with Crippen LogP contribution in [0.15, 0.2) is 42.6 Å². The maximum atomic E-state index is 12.4. The Morgan fingerprint density at radius 2 is 1.84 bits per heavy atom. The fourth-order valence-corrected chi connectivity index (χ4v) is 2.27. The molecule has 3 nitrogen and oxygen atoms in total. The summed E-state index contributed by atoms with van der Waals surface area (Å²) >= 11 is 12.0. The van der Waals surface area contributed by atoms with E-state index in [4.69, 9.17) is 23.2 Å². The maximum absolute atomic E-state index is 12.4. The van der Waals surface area contributed by atoms with Gasteiger partial charge in [-0.1, -0.05) is 35.3 Å². The van der Waals surface area contributed by atoms with E-state index in [9.17, 15) is 10.1 Å². The van der Waals surface area contributed by atoms with Crippen molar-refractivity contribution < 1.29 is 4.79 Å². The molecular formula is C14H8Cl2N2O. The van der Waals surface area contributed by atoms with E-state index in [1.807, 2.05) is 6.07 Å². The minimum absolute atomic E-state index is 0.156. The third kappa shape index (κ3) is 2.76. The van der Waals surface area contributed by atoms with E-state index in [2.05, 4.69) is 4.98 Å². The Kier molecular flexibility index (Phi) is 4.16. The molecule has 0 bridgehead atoms. The van der Waals surface area contributed by atoms with Gasteiger partial charge < -0.3 is 0 Å². The molecule has 5 heteroatoms. The minimum Gasteiger partial charge on any atom is -0.292 e. The van der Waals surface area contributed by atoms with Crippen LogP contribution in [0.4, 0.5) is 0 Å². The summed E-state index contributed by atoms with van der Waals surface area (Å²) < 4.78 is 0. The highest BCUT2D eigenvalue weighted by atomic mass is 35.5. The van der Waals surface area contributed by atoms with E-state index in [1.165, 1.54) is 6.20 Å². The fraction of sp³-hybridized carbons (Fsp3) is 0.0714. The van der Waals surface area contributed by atoms with Gasteiger partial charge in [-0.15, -0.1) is 0 Å². The number of ketones is 1. The molecule has 1 heterocycles. The van der Waals surface area contributed by atoms with E-state index in [0.717, 1.165) is 0 Å². The highest BCUT2D eigenvalue weighted by Gasteiger charge is 2.26. The smallest absolute Gasteiger partial charge is 0.189 e. The first-order chi connectivity index (χ1) is 9.15. The van der Waals surface area contributed by atoms with Gasteiger partial charge >= 0.3 is 0 Å². The molecule has 0 saturated carbocycles. The SMILES string of the molecule is N#CC(C(=O)c1c(Cl)cccc1Cl)c1ccccn1. The second-order valence-electron chi connectivity index (χ2n) is 3.78. The molecule has 1 aromatic heterocycles. The Morgan fingerprint density at radius 1 is 1.16 bits per heavy atom. The lowest BCUT2D eigenvalue weighted by Crippen LogP contribution is -2.13. The third-order valence-corrected chi connectivity index (χ3v) is 3.21. The largest absolute Gasteiger partial charge is 0.292 e. The molecule has 0 saturated heterocycles. The van der Waals surface area contributed by atoms with Crippen LogP contribution >= 0.6 is 23.2 Å². The number of rotatable bonds is 3. The standard InChI is InChI=1S/C14H8Cl2N2O/c15-10-4-3-5-11(16)13(10)14(19)9(8-17)12-6-1-2-7-18-12/h1-7,9H. The summed E-state index contributed by atoms with van der Waals surface area (Å²) in [5.41, 5.74) is 0.536. The number of Topliss-reactive ketones (excluding diaryl/α,β-unsaturated/α-hetero) is 1. The zero-order valence-electron chi connectivity index (χ0n) is 9.68. The molecule has 0 aliphatic rings. The van der Waals surface area contributed by atoms with Crippen LogP contribution in [0.5, 0.6) is 0 Å². The zero-order chi connectivity index (χ0) is 13.8. The van der Waals surface area contributed by atoms with Crippen molar-refractivity contribution in [3.8, 4) is 6.07 Å². The number of hydrogen-bond donors (Lipinski definition) is 0. The Balaban J connectivity index is 2.46. The molecule has 0 fully saturated rings. The lowest BCUT2D eigenvalue weighted by molar-refractivity contribution is 0.0978. The molecule has 1 atom stereocenters. The van der Waals surface area contributed by atoms with E-state index in [1.54, 1.807) is 36.4 Å². The van der Waals surface area contributed by atoms with Crippen molar-refractivity contribution in [1.82, 2.24) is 4.98 Å². The molecule has 0 aliphatic carbocycles. The highest BCUT2D eigenvalue weighted by Crippen LogP contribution is 2.29. The summed E-state index contributed by atoms with van der Waals surface area (Å²) in [7, 11) is 0. The van der Waals surface area contributed by atoms with Gasteiger partial charge in [0, 0.05) is 6.20 Å². The van der Waals surface area contributed by atoms with Gasteiger partial charge in [-0.05, 0) is 24.3 Å². The summed E-state index contributed by atoms with van der Waals surface area (Å²) in [4.78, 5) is 16.4. The molecule has 0 spiro atoms. The van der Waals surface area contributed by atoms with Crippen molar-refractivity contribution >= 4 is 29.0 Å². The van der Waals surface area contributed by atoms with Crippen LogP contribution in [0.2, 0.25) is 10.0 Å². The number of nitriles is 1. The number of nitrogens with zero attached hydrogens (tertiary/aromatic N) is 2. The molecule has 0 amide bonds. The quantitative estimate of drug-likeness (QED) is 0.806.